The van der Waals surface area contributed by atoms with Gasteiger partial charge in [-0.3, -0.25) is 37.4 Å². The number of carboxylic acids is 4. The fraction of sp³-hybridized carbons (Fsp3) is 0.869. The lowest BCUT2D eigenvalue weighted by Crippen LogP contribution is -2.71. The summed E-state index contributed by atoms with van der Waals surface area (Å²) in [4.78, 5) is 103. The molecule has 8 saturated heterocycles. The molecule has 0 bridgehead atoms. The second kappa shape index (κ2) is 44.7. The first-order valence-corrected chi connectivity index (χ1v) is 42.8. The summed E-state index contributed by atoms with van der Waals surface area (Å²) in [6, 6.07) is -8.84. The van der Waals surface area contributed by atoms with E-state index in [1.54, 1.807) is 0 Å². The predicted molar refractivity (Wildman–Crippen MR) is 381 cm³/mol. The second-order valence-electron chi connectivity index (χ2n) is 29.3. The molecule has 8 heterocycles. The third kappa shape index (κ3) is 27.9. The number of hydrogen-bond acceptors (Lipinski definition) is 50. The average molecular weight is 1940 g/mol. The zero-order valence-electron chi connectivity index (χ0n) is 65.8. The Morgan fingerprint density at radius 2 is 0.512 bits per heavy atom. The summed E-state index contributed by atoms with van der Waals surface area (Å²) in [5, 5.41) is 201. The third-order valence-corrected chi connectivity index (χ3v) is 21.8. The smallest absolute Gasteiger partial charge is 0.397 e. The lowest BCUT2D eigenvalue weighted by atomic mass is 9.93. The van der Waals surface area contributed by atoms with Crippen LogP contribution in [0.15, 0.2) is 0 Å². The Labute approximate surface area is 715 Å². The van der Waals surface area contributed by atoms with Crippen LogP contribution >= 0.6 is 0 Å². The van der Waals surface area contributed by atoms with Gasteiger partial charge in [0.1, 0.15) is 171 Å². The van der Waals surface area contributed by atoms with E-state index in [1.165, 1.54) is 0 Å². The number of unbranched alkanes of at least 4 members (excludes halogenated alkanes) is 2. The highest BCUT2D eigenvalue weighted by Gasteiger charge is 2.63. The van der Waals surface area contributed by atoms with Crippen molar-refractivity contribution >= 4 is 89.1 Å². The molecule has 27 N–H and O–H groups in total. The molecule has 0 aliphatic carbocycles. The van der Waals surface area contributed by atoms with Crippen molar-refractivity contribution in [3.8, 4) is 0 Å². The zero-order valence-corrected chi connectivity index (χ0v) is 69.0. The van der Waals surface area contributed by atoms with Gasteiger partial charge in [-0.25, -0.2) is 35.9 Å². The molecule has 0 saturated carbocycles. The lowest BCUT2D eigenvalue weighted by molar-refractivity contribution is -0.382. The van der Waals surface area contributed by atoms with Crippen molar-refractivity contribution in [2.45, 2.75) is 292 Å². The summed E-state index contributed by atoms with van der Waals surface area (Å²) in [6.07, 6.45) is -89.5. The lowest BCUT2D eigenvalue weighted by Gasteiger charge is -2.50. The molecule has 4 amide bonds. The van der Waals surface area contributed by atoms with Crippen molar-refractivity contribution in [3.05, 3.63) is 0 Å². The molecular weight excluding hydrogens is 1840 g/mol. The van der Waals surface area contributed by atoms with Gasteiger partial charge in [0.15, 0.2) is 74.7 Å². The highest BCUT2D eigenvalue weighted by Crippen LogP contribution is 2.40. The van der Waals surface area contributed by atoms with Gasteiger partial charge in [0.05, 0.1) is 26.4 Å². The number of nitrogens with two attached hydrogens (primary N) is 1. The minimum atomic E-state index is -5.72. The third-order valence-electron chi connectivity index (χ3n) is 20.0. The van der Waals surface area contributed by atoms with Gasteiger partial charge in [-0.15, -0.1) is 0 Å². The molecule has 127 heavy (non-hydrogen) atoms. The van der Waals surface area contributed by atoms with Crippen LogP contribution in [-0.2, 0) is 172 Å². The Kier molecular flexibility index (Phi) is 37.5. The number of aliphatic carboxylic acids is 4. The maximum absolute atomic E-state index is 13.3. The summed E-state index contributed by atoms with van der Waals surface area (Å²) < 4.78 is 241. The fourth-order valence-corrected chi connectivity index (χ4v) is 15.5. The molecule has 0 aromatic heterocycles. The number of hydrogen-bond donors (Lipinski definition) is 26. The molecule has 40 atom stereocenters. The maximum atomic E-state index is 13.3. The molecular formula is C61H97N5O57S4. The van der Waals surface area contributed by atoms with Crippen LogP contribution in [0, 0.1) is 0 Å². The summed E-state index contributed by atoms with van der Waals surface area (Å²) in [5.74, 6) is -13.1. The Hall–Kier alpha value is -5.96. The number of carbonyl (C=O) groups excluding carboxylic acids is 4. The van der Waals surface area contributed by atoms with Crippen molar-refractivity contribution in [1.29, 1.82) is 0 Å². The summed E-state index contributed by atoms with van der Waals surface area (Å²) >= 11 is 0. The molecule has 8 aliphatic heterocycles. The topological polar surface area (TPSA) is 957 Å². The van der Waals surface area contributed by atoms with E-state index in [2.05, 4.69) is 38.0 Å². The van der Waals surface area contributed by atoms with Gasteiger partial charge in [0.25, 0.3) is 0 Å². The Bertz CT molecular complexity index is 4230. The summed E-state index contributed by atoms with van der Waals surface area (Å²) in [5.41, 5.74) is 5.50. The molecule has 8 aliphatic rings. The van der Waals surface area contributed by atoms with Crippen LogP contribution in [0.25, 0.3) is 0 Å². The molecule has 66 heteroatoms. The van der Waals surface area contributed by atoms with Crippen LogP contribution in [0.3, 0.4) is 0 Å². The highest BCUT2D eigenvalue weighted by molar-refractivity contribution is 7.81. The first-order valence-electron chi connectivity index (χ1n) is 37.4. The molecule has 8 fully saturated rings. The van der Waals surface area contributed by atoms with Crippen molar-refractivity contribution in [1.82, 2.24) is 21.3 Å². The van der Waals surface area contributed by atoms with E-state index in [9.17, 15) is 172 Å². The largest absolute Gasteiger partial charge is 0.479 e. The van der Waals surface area contributed by atoms with E-state index in [0.717, 1.165) is 27.7 Å². The van der Waals surface area contributed by atoms with E-state index in [0.29, 0.717) is 25.8 Å². The predicted octanol–water partition coefficient (Wildman–Crippen LogP) is -17.0. The van der Waals surface area contributed by atoms with Gasteiger partial charge in [-0.1, -0.05) is 0 Å². The summed E-state index contributed by atoms with van der Waals surface area (Å²) in [7, 11) is -22.3. The molecule has 0 unspecified atom stereocenters. The number of ether oxygens (including phenoxy) is 16. The first-order chi connectivity index (χ1) is 58.9. The van der Waals surface area contributed by atoms with E-state index in [1.807, 2.05) is 0 Å². The number of rotatable bonds is 40. The molecule has 0 aromatic rings. The molecule has 732 valence electrons. The standard InChI is InChI=1S/C61H97N5O57S4/c1-14(67)63-22-27(72)26(71)18(10-105-124(92,93)94)109-54(22)116-43-32(77)36(81)59(121-47(43)51(86)87)113-40-20(12-107-126(98,99)100)111-56(24(29(40)74)65-16(3)69)118-45-34(79)38(83)61(123-49(45)53(90)91)115-41-21(13-108-127(101,102)103)112-57(25(30(41)75)66-17(4)70)119-44-33(78)37(82)60(122-48(44)52(88)89)114-39-19(11-106-125(95,96)97)110-55(23(28(39)73)64-15(2)68)117-42-31(76)35(80)58(120-46(42)50(84)85)104-9-7-5-6-8-62/h18-49,54-61,71-83H,5-13,62H2,1-4H3,(H,63,67)(H,64,68)(H,65,69)(H,66,70)(H,84,85)(H,86,87)(H,88,89)(H,90,91)(H,92,93,94)(H,95,96,97)(H,98,99,100)(H,101,102,103)/t18-,19-,20-,21-,22-,23-,24-,25-,26-,27-,28-,29-,30-,31-,32-,33-,34-,35-,36-,37-,38-,39-,40-,41-,42+,43+,44+,45+,46+,47-,48-,49+,54-,55-,56-,57-,58-,59-,60-,61-/m1/s1. The van der Waals surface area contributed by atoms with Crippen LogP contribution in [0.4, 0.5) is 0 Å². The van der Waals surface area contributed by atoms with Gasteiger partial charge < -0.3 is 190 Å². The highest BCUT2D eigenvalue weighted by atomic mass is 32.3. The number of aliphatic hydroxyl groups excluding tert-OH is 13. The average Bonchev–Trinajstić information content (AvgIpc) is 0.761. The zero-order chi connectivity index (χ0) is 95.0. The number of aliphatic hydroxyl groups is 13. The van der Waals surface area contributed by atoms with Crippen molar-refractivity contribution in [2.24, 2.45) is 5.73 Å². The normalized spacial score (nSPS) is 41.2. The van der Waals surface area contributed by atoms with Gasteiger partial charge >= 0.3 is 65.5 Å². The van der Waals surface area contributed by atoms with Crippen LogP contribution in [-0.4, -0.2) is 471 Å². The SMILES string of the molecule is CC(=O)N[C@H]1[C@@H](O[C@H]2[C@H](O)[C@@H](O)[C@H](O[C@H]3[C@H](O)[C@@H](NC(C)=O)[C@@H](O[C@H]4[C@H](O)[C@@H](O)[C@H](OCCCCCN)O[C@@H]4C(=O)O)O[C@@H]3COS(=O)(=O)O)O[C@H]2C(=O)O)O[C@H](COS(=O)(=O)O)[C@@H](O[C@@H]2O[C@H](C(=O)O)[C@@H](O[C@H]3O[C@H](COS(=O)(=O)O)[C@@H](O[C@@H]4O[C@@H](C(=O)O)[C@@H](O[C@H]5O[C@H](COS(=O)(=O)O)[C@@H](O)[C@H](O)[C@H]5NC(C)=O)[C@H](O)[C@H]4O)[C@H](O)[C@H]3NC(C)=O)[C@H](O)[C@H]2O)[C@@H]1O. The van der Waals surface area contributed by atoms with Crippen LogP contribution in [0.2, 0.25) is 0 Å². The van der Waals surface area contributed by atoms with Crippen molar-refractivity contribution < 1.29 is 270 Å². The molecule has 0 radical (unpaired) electrons. The number of carbonyl (C=O) groups is 8. The van der Waals surface area contributed by atoms with E-state index < -0.39 is 361 Å². The van der Waals surface area contributed by atoms with E-state index >= 15 is 0 Å². The minimum absolute atomic E-state index is 0.159. The van der Waals surface area contributed by atoms with Crippen LogP contribution in [0.5, 0.6) is 0 Å². The Balaban J connectivity index is 1.02. The van der Waals surface area contributed by atoms with Crippen molar-refractivity contribution in [3.63, 3.8) is 0 Å². The monoisotopic (exact) mass is 1940 g/mol. The maximum Gasteiger partial charge on any atom is 0.397 e. The molecule has 0 spiro atoms. The number of carboxylic acid groups (broad SMARTS) is 4. The minimum Gasteiger partial charge on any atom is -0.479 e. The Morgan fingerprint density at radius 1 is 0.283 bits per heavy atom. The van der Waals surface area contributed by atoms with E-state index in [-0.39, 0.29) is 6.61 Å². The number of nitrogens with one attached hydrogen (secondary N) is 4. The van der Waals surface area contributed by atoms with Gasteiger partial charge in [-0.2, -0.15) is 33.7 Å². The fourth-order valence-electron chi connectivity index (χ4n) is 14.3. The number of amides is 4. The van der Waals surface area contributed by atoms with Gasteiger partial charge in [-0.05, 0) is 25.8 Å². The van der Waals surface area contributed by atoms with Crippen LogP contribution < -0.4 is 27.0 Å². The van der Waals surface area contributed by atoms with Crippen molar-refractivity contribution in [2.75, 3.05) is 39.6 Å². The molecule has 0 aromatic carbocycles. The molecule has 8 rings (SSSR count). The summed E-state index contributed by atoms with van der Waals surface area (Å²) in [6.45, 7) is -2.88. The van der Waals surface area contributed by atoms with Crippen LogP contribution in [0.1, 0.15) is 47.0 Å². The Morgan fingerprint density at radius 3 is 0.756 bits per heavy atom. The molecule has 62 nitrogen and oxygen atoms in total. The first kappa shape index (κ1) is 106. The second-order valence-corrected chi connectivity index (χ2v) is 33.6. The van der Waals surface area contributed by atoms with Gasteiger partial charge in [0, 0.05) is 34.3 Å². The quantitative estimate of drug-likeness (QED) is 0.0200. The van der Waals surface area contributed by atoms with Gasteiger partial charge in [0.2, 0.25) is 23.6 Å². The van der Waals surface area contributed by atoms with E-state index in [4.69, 9.17) is 86.1 Å².